The zero-order valence-corrected chi connectivity index (χ0v) is 63.6. The van der Waals surface area contributed by atoms with Crippen LogP contribution in [0.2, 0.25) is 0 Å². The zero-order chi connectivity index (χ0) is 74.5. The summed E-state index contributed by atoms with van der Waals surface area (Å²) in [5.74, 6) is -3.49. The number of alkyl halides is 4. The molecule has 18 nitrogen and oxygen atoms in total. The van der Waals surface area contributed by atoms with Crippen LogP contribution in [0, 0.1) is 27.1 Å². The summed E-state index contributed by atoms with van der Waals surface area (Å²) in [4.78, 5) is 72.4. The largest absolute Gasteiger partial charge is 0.459 e. The van der Waals surface area contributed by atoms with E-state index < -0.39 is 131 Å². The fourth-order valence-corrected chi connectivity index (χ4v) is 12.8. The average Bonchev–Trinajstić information content (AvgIpc) is 1.17. The van der Waals surface area contributed by atoms with Crippen molar-refractivity contribution in [2.24, 2.45) is 27.1 Å². The number of carbonyl (C=O) groups excluding carboxylic acids is 6. The monoisotopic (exact) mass is 1380 g/mol. The first-order valence-corrected chi connectivity index (χ1v) is 35.0. The average molecular weight is 1380 g/mol. The van der Waals surface area contributed by atoms with E-state index in [1.54, 1.807) is 152 Å². The smallest absolute Gasteiger partial charge is 0.315 e. The zero-order valence-electron chi connectivity index (χ0n) is 63.6. The molecule has 2 aliphatic heterocycles. The predicted molar refractivity (Wildman–Crippen MR) is 357 cm³/mol. The van der Waals surface area contributed by atoms with Gasteiger partial charge in [0.25, 0.3) is 0 Å². The van der Waals surface area contributed by atoms with Gasteiger partial charge in [-0.25, -0.2) is 17.6 Å². The minimum absolute atomic E-state index is 0.0725. The van der Waals surface area contributed by atoms with E-state index in [9.17, 15) is 57.3 Å². The van der Waals surface area contributed by atoms with Gasteiger partial charge in [-0.2, -0.15) is 0 Å². The third-order valence-electron chi connectivity index (χ3n) is 20.6. The van der Waals surface area contributed by atoms with Gasteiger partial charge in [-0.15, -0.1) is 0 Å². The highest BCUT2D eigenvalue weighted by molar-refractivity contribution is 5.82. The van der Waals surface area contributed by atoms with Gasteiger partial charge in [-0.05, 0) is 263 Å². The van der Waals surface area contributed by atoms with Crippen LogP contribution < -0.4 is 0 Å². The van der Waals surface area contributed by atoms with Gasteiger partial charge >= 0.3 is 29.8 Å². The van der Waals surface area contributed by atoms with E-state index in [2.05, 4.69) is 0 Å². The molecule has 0 aromatic rings. The molecule has 0 unspecified atom stereocenters. The molecule has 7 aliphatic rings. The lowest BCUT2D eigenvalue weighted by molar-refractivity contribution is -0.226. The van der Waals surface area contributed by atoms with Crippen LogP contribution in [0.1, 0.15) is 302 Å². The minimum atomic E-state index is -1.65. The molecule has 0 atom stereocenters. The van der Waals surface area contributed by atoms with Crippen molar-refractivity contribution in [2.45, 2.75) is 382 Å². The molecule has 7 rings (SSSR count). The molecule has 3 N–H and O–H groups in total. The van der Waals surface area contributed by atoms with Crippen molar-refractivity contribution in [1.29, 1.82) is 0 Å². The molecule has 0 bridgehead atoms. The lowest BCUT2D eigenvalue weighted by Gasteiger charge is -2.47. The standard InChI is InChI=1S/C16H27FO4.C16H28O5.2C14H25FO3.C14H23FO3/c1-13(2,3)21-12(18)14(4,5)15(17)6-8-16(9-7-15)19-10-11-20-16;1-13(2,3)21-12(17)14(4,5)15(18)6-8-16(9-7-15)19-10-11-20-16;3*1-12(2,3)18-11(17)13(4,5)14(15)8-6-10(16)7-9-14/h6-11H2,1-5H3;18H,6-11H2,1-5H3;2*10,16H,6-9H2,1-5H3;6-9H2,1-5H3. The van der Waals surface area contributed by atoms with E-state index in [1.807, 2.05) is 20.8 Å². The fraction of sp³-hybridized carbons (Fsp3) is 0.919. The second-order valence-electron chi connectivity index (χ2n) is 35.7. The Kier molecular flexibility index (Phi) is 28.0. The first-order valence-electron chi connectivity index (χ1n) is 35.0. The highest BCUT2D eigenvalue weighted by atomic mass is 19.2. The Morgan fingerprint density at radius 1 is 0.333 bits per heavy atom. The molecule has 2 heterocycles. The number of aliphatic hydroxyl groups excluding tert-OH is 2. The van der Waals surface area contributed by atoms with Crippen molar-refractivity contribution in [3.8, 4) is 0 Å². The summed E-state index contributed by atoms with van der Waals surface area (Å²) in [6.45, 7) is 45.5. The van der Waals surface area contributed by atoms with Gasteiger partial charge in [-0.3, -0.25) is 28.8 Å². The third-order valence-corrected chi connectivity index (χ3v) is 20.6. The molecule has 0 radical (unpaired) electrons. The number of rotatable bonds is 10. The Morgan fingerprint density at radius 2 is 0.531 bits per heavy atom. The lowest BCUT2D eigenvalue weighted by Crippen LogP contribution is -2.56. The molecule has 96 heavy (non-hydrogen) atoms. The fourth-order valence-electron chi connectivity index (χ4n) is 12.8. The van der Waals surface area contributed by atoms with Crippen LogP contribution >= 0.6 is 0 Å². The van der Waals surface area contributed by atoms with Crippen molar-refractivity contribution in [3.05, 3.63) is 0 Å². The molecular formula is C74H128F4O18. The maximum Gasteiger partial charge on any atom is 0.315 e. The molecule has 5 saturated carbocycles. The van der Waals surface area contributed by atoms with Crippen LogP contribution in [-0.2, 0) is 71.4 Å². The number of carbonyl (C=O) groups is 6. The van der Waals surface area contributed by atoms with E-state index in [-0.39, 0.29) is 76.0 Å². The maximum absolute atomic E-state index is 15.4. The Bertz CT molecular complexity index is 2430. The van der Waals surface area contributed by atoms with Gasteiger partial charge in [0.05, 0.1) is 71.3 Å². The quantitative estimate of drug-likeness (QED) is 0.104. The minimum Gasteiger partial charge on any atom is -0.459 e. The highest BCUT2D eigenvalue weighted by Crippen LogP contribution is 2.53. The summed E-state index contributed by atoms with van der Waals surface area (Å²) in [5, 5.41) is 29.9. The third kappa shape index (κ3) is 22.7. The first kappa shape index (κ1) is 86.7. The van der Waals surface area contributed by atoms with E-state index in [0.29, 0.717) is 90.6 Å². The number of Topliss-reactive ketones (excluding diaryl/α,β-unsaturated/α-hetero) is 1. The van der Waals surface area contributed by atoms with Gasteiger partial charge in [0.2, 0.25) is 0 Å². The number of ether oxygens (including phenoxy) is 9. The van der Waals surface area contributed by atoms with Gasteiger partial charge in [0.1, 0.15) is 56.5 Å². The van der Waals surface area contributed by atoms with Crippen molar-refractivity contribution >= 4 is 35.6 Å². The van der Waals surface area contributed by atoms with Crippen LogP contribution in [0.3, 0.4) is 0 Å². The molecule has 22 heteroatoms. The molecule has 0 amide bonds. The van der Waals surface area contributed by atoms with Crippen LogP contribution in [-0.4, -0.2) is 157 Å². The highest BCUT2D eigenvalue weighted by Gasteiger charge is 2.60. The Morgan fingerprint density at radius 3 is 0.760 bits per heavy atom. The van der Waals surface area contributed by atoms with Crippen LogP contribution in [0.4, 0.5) is 17.6 Å². The number of esters is 5. The molecule has 2 spiro atoms. The number of halogens is 4. The second kappa shape index (κ2) is 31.0. The molecule has 5 aliphatic carbocycles. The Balaban J connectivity index is 0.000000313. The normalized spacial score (nSPS) is 27.1. The van der Waals surface area contributed by atoms with E-state index >= 15 is 4.39 Å². The lowest BCUT2D eigenvalue weighted by atomic mass is 9.66. The summed E-state index contributed by atoms with van der Waals surface area (Å²) < 4.78 is 110. The van der Waals surface area contributed by atoms with Crippen molar-refractivity contribution in [2.75, 3.05) is 26.4 Å². The van der Waals surface area contributed by atoms with Gasteiger partial charge in [0, 0.05) is 38.5 Å². The van der Waals surface area contributed by atoms with Crippen LogP contribution in [0.5, 0.6) is 0 Å². The van der Waals surface area contributed by atoms with Crippen LogP contribution in [0.15, 0.2) is 0 Å². The topological polar surface area (TPSA) is 246 Å². The molecule has 0 aromatic heterocycles. The summed E-state index contributed by atoms with van der Waals surface area (Å²) in [5.41, 5.74) is -16.2. The maximum atomic E-state index is 15.4. The van der Waals surface area contributed by atoms with Crippen molar-refractivity contribution in [1.82, 2.24) is 0 Å². The molecule has 2 saturated heterocycles. The molecule has 7 fully saturated rings. The van der Waals surface area contributed by atoms with Gasteiger partial charge < -0.3 is 58.0 Å². The SMILES string of the molecule is CC(C)(C)OC(=O)C(C)(C)C1(F)CCC(=O)CC1.CC(C)(C)OC(=O)C(C)(C)C1(F)CCC(O)CC1.CC(C)(C)OC(=O)C(C)(C)C1(F)CCC(O)CC1.CC(C)(C)OC(=O)C(C)(C)C1(F)CCC2(CC1)OCCO2.CC(C)(C)OC(=O)C(C)(C)C1(O)CCC2(CC1)OCCO2. The van der Waals surface area contributed by atoms with Crippen molar-refractivity contribution in [3.63, 3.8) is 0 Å². The van der Waals surface area contributed by atoms with E-state index in [1.165, 1.54) is 0 Å². The Labute approximate surface area is 572 Å². The number of hydrogen-bond acceptors (Lipinski definition) is 18. The second-order valence-corrected chi connectivity index (χ2v) is 35.7. The predicted octanol–water partition coefficient (Wildman–Crippen LogP) is 15.0. The number of aliphatic hydroxyl groups is 3. The van der Waals surface area contributed by atoms with E-state index in [0.717, 1.165) is 0 Å². The summed E-state index contributed by atoms with van der Waals surface area (Å²) in [6.07, 6.45) is 5.83. The van der Waals surface area contributed by atoms with Crippen molar-refractivity contribution < 1.29 is 104 Å². The van der Waals surface area contributed by atoms with Gasteiger partial charge in [0.15, 0.2) is 11.6 Å². The van der Waals surface area contributed by atoms with E-state index in [4.69, 9.17) is 42.6 Å². The van der Waals surface area contributed by atoms with Gasteiger partial charge in [-0.1, -0.05) is 0 Å². The summed E-state index contributed by atoms with van der Waals surface area (Å²) in [6, 6.07) is 0. The Hall–Kier alpha value is -3.54. The summed E-state index contributed by atoms with van der Waals surface area (Å²) in [7, 11) is 0. The number of ketones is 1. The number of hydrogen-bond donors (Lipinski definition) is 3. The molecule has 0 aromatic carbocycles. The summed E-state index contributed by atoms with van der Waals surface area (Å²) >= 11 is 0. The molecule has 560 valence electrons. The van der Waals surface area contributed by atoms with Crippen LogP contribution in [0.25, 0.3) is 0 Å². The molecular weight excluding hydrogens is 1250 g/mol. The first-order chi connectivity index (χ1) is 42.9.